The van der Waals surface area contributed by atoms with Crippen molar-refractivity contribution in [1.29, 1.82) is 0 Å². The van der Waals surface area contributed by atoms with Crippen LogP contribution in [0.5, 0.6) is 5.75 Å². The number of amides is 1. The zero-order valence-electron chi connectivity index (χ0n) is 16.1. The third-order valence-electron chi connectivity index (χ3n) is 4.33. The number of esters is 1. The zero-order chi connectivity index (χ0) is 21.0. The van der Waals surface area contributed by atoms with E-state index in [1.54, 1.807) is 49.4 Å². The van der Waals surface area contributed by atoms with Gasteiger partial charge in [0.25, 0.3) is 5.91 Å². The number of carbonyl (C=O) groups excluding carboxylic acids is 2. The van der Waals surface area contributed by atoms with Crippen molar-refractivity contribution in [1.82, 2.24) is 0 Å². The van der Waals surface area contributed by atoms with Crippen molar-refractivity contribution in [2.75, 3.05) is 29.0 Å². The van der Waals surface area contributed by atoms with Gasteiger partial charge in [-0.2, -0.15) is 0 Å². The predicted molar refractivity (Wildman–Crippen MR) is 109 cm³/mol. The second-order valence-corrected chi connectivity index (χ2v) is 8.40. The van der Waals surface area contributed by atoms with Crippen LogP contribution in [-0.2, 0) is 19.6 Å². The van der Waals surface area contributed by atoms with Gasteiger partial charge in [0.2, 0.25) is 10.0 Å². The summed E-state index contributed by atoms with van der Waals surface area (Å²) in [6.45, 7) is 2.07. The maximum atomic E-state index is 12.8. The van der Waals surface area contributed by atoms with Gasteiger partial charge in [0.05, 0.1) is 24.1 Å². The Hall–Kier alpha value is -3.07. The Morgan fingerprint density at radius 1 is 1.21 bits per heavy atom. The highest BCUT2D eigenvalue weighted by Gasteiger charge is 2.31. The Labute approximate surface area is 169 Å². The van der Waals surface area contributed by atoms with Crippen LogP contribution in [-0.4, -0.2) is 45.8 Å². The van der Waals surface area contributed by atoms with E-state index in [-0.39, 0.29) is 19.6 Å². The van der Waals surface area contributed by atoms with Crippen molar-refractivity contribution in [3.05, 3.63) is 54.1 Å². The summed E-state index contributed by atoms with van der Waals surface area (Å²) in [5.41, 5.74) is 1.14. The molecule has 29 heavy (non-hydrogen) atoms. The van der Waals surface area contributed by atoms with Gasteiger partial charge in [-0.05, 0) is 37.3 Å². The number of nitrogens with one attached hydrogen (secondary N) is 1. The number of carbonyl (C=O) groups is 2. The predicted octanol–water partition coefficient (Wildman–Crippen LogP) is 2.42. The molecule has 3 rings (SSSR count). The Kier molecular flexibility index (Phi) is 6.07. The van der Waals surface area contributed by atoms with E-state index in [1.165, 1.54) is 10.4 Å². The van der Waals surface area contributed by atoms with Gasteiger partial charge in [0, 0.05) is 18.7 Å². The molecule has 0 unspecified atom stereocenters. The minimum absolute atomic E-state index is 0.108. The van der Waals surface area contributed by atoms with E-state index < -0.39 is 28.0 Å². The average molecular weight is 418 g/mol. The Balaban J connectivity index is 1.79. The minimum atomic E-state index is -3.52. The summed E-state index contributed by atoms with van der Waals surface area (Å²) in [6, 6.07) is 13.1. The maximum absolute atomic E-state index is 12.8. The summed E-state index contributed by atoms with van der Waals surface area (Å²) in [5, 5.41) is 2.72. The van der Waals surface area contributed by atoms with Gasteiger partial charge in [-0.25, -0.2) is 13.2 Å². The molecule has 2 aromatic rings. The third kappa shape index (κ3) is 4.86. The molecule has 0 saturated carbocycles. The van der Waals surface area contributed by atoms with Crippen LogP contribution in [0, 0.1) is 0 Å². The number of para-hydroxylation sites is 2. The summed E-state index contributed by atoms with van der Waals surface area (Å²) in [6.07, 6.45) is 0.394. The van der Waals surface area contributed by atoms with Crippen molar-refractivity contribution in [2.45, 2.75) is 19.4 Å². The van der Waals surface area contributed by atoms with Crippen molar-refractivity contribution in [2.24, 2.45) is 0 Å². The summed E-state index contributed by atoms with van der Waals surface area (Å²) >= 11 is 0. The van der Waals surface area contributed by atoms with Crippen molar-refractivity contribution in [3.63, 3.8) is 0 Å². The van der Waals surface area contributed by atoms with E-state index in [9.17, 15) is 18.0 Å². The monoisotopic (exact) mass is 418 g/mol. The summed E-state index contributed by atoms with van der Waals surface area (Å²) in [4.78, 5) is 24.6. The van der Waals surface area contributed by atoms with Gasteiger partial charge < -0.3 is 14.8 Å². The number of fused-ring (bicyclic) bond motifs is 1. The molecule has 1 atom stereocenters. The third-order valence-corrected chi connectivity index (χ3v) is 5.51. The number of hydrogen-bond acceptors (Lipinski definition) is 6. The Morgan fingerprint density at radius 2 is 1.97 bits per heavy atom. The molecule has 1 amide bonds. The first-order chi connectivity index (χ1) is 13.8. The smallest absolute Gasteiger partial charge is 0.338 e. The molecule has 1 heterocycles. The number of nitrogens with zero attached hydrogens (tertiary/aromatic N) is 1. The highest BCUT2D eigenvalue weighted by Crippen LogP contribution is 2.34. The molecular weight excluding hydrogens is 396 g/mol. The van der Waals surface area contributed by atoms with Gasteiger partial charge in [-0.3, -0.25) is 9.10 Å². The van der Waals surface area contributed by atoms with Crippen LogP contribution in [0.25, 0.3) is 0 Å². The quantitative estimate of drug-likeness (QED) is 0.748. The van der Waals surface area contributed by atoms with Gasteiger partial charge >= 0.3 is 5.97 Å². The standard InChI is InChI=1S/C20H22N2O6S/c1-3-27-20(24)14-7-6-8-15(13-14)21-19(23)18-11-12-22(29(2,25)26)16-9-4-5-10-17(16)28-18/h4-10,13,18H,3,11-12H2,1-2H3,(H,21,23)/t18-/m0/s1. The molecule has 0 bridgehead atoms. The average Bonchev–Trinajstić information content (AvgIpc) is 2.88. The molecule has 0 saturated heterocycles. The fourth-order valence-corrected chi connectivity index (χ4v) is 3.97. The molecule has 154 valence electrons. The normalized spacial score (nSPS) is 16.2. The molecule has 0 spiro atoms. The molecule has 0 aliphatic carbocycles. The first-order valence-electron chi connectivity index (χ1n) is 9.11. The fraction of sp³-hybridized carbons (Fsp3) is 0.300. The van der Waals surface area contributed by atoms with Crippen LogP contribution in [0.15, 0.2) is 48.5 Å². The summed E-state index contributed by atoms with van der Waals surface area (Å²) < 4.78 is 36.3. The number of ether oxygens (including phenoxy) is 2. The fourth-order valence-electron chi connectivity index (χ4n) is 3.02. The number of sulfonamides is 1. The number of benzene rings is 2. The largest absolute Gasteiger partial charge is 0.478 e. The van der Waals surface area contributed by atoms with Gasteiger partial charge in [0.1, 0.15) is 5.75 Å². The number of rotatable bonds is 5. The SMILES string of the molecule is CCOC(=O)c1cccc(NC(=O)[C@@H]2CCN(S(C)(=O)=O)c3ccccc3O2)c1. The van der Waals surface area contributed by atoms with Crippen molar-refractivity contribution in [3.8, 4) is 5.75 Å². The molecule has 1 N–H and O–H groups in total. The Bertz CT molecular complexity index is 1020. The van der Waals surface area contributed by atoms with Crippen LogP contribution in [0.3, 0.4) is 0 Å². The van der Waals surface area contributed by atoms with E-state index in [0.717, 1.165) is 6.26 Å². The molecule has 0 aromatic heterocycles. The van der Waals surface area contributed by atoms with E-state index in [4.69, 9.17) is 9.47 Å². The minimum Gasteiger partial charge on any atom is -0.478 e. The van der Waals surface area contributed by atoms with E-state index >= 15 is 0 Å². The van der Waals surface area contributed by atoms with Crippen molar-refractivity contribution >= 4 is 33.3 Å². The van der Waals surface area contributed by atoms with Crippen LogP contribution < -0.4 is 14.4 Å². The Morgan fingerprint density at radius 3 is 2.69 bits per heavy atom. The van der Waals surface area contributed by atoms with Crippen LogP contribution in [0.4, 0.5) is 11.4 Å². The first-order valence-corrected chi connectivity index (χ1v) is 11.0. The lowest BCUT2D eigenvalue weighted by molar-refractivity contribution is -0.122. The first kappa shape index (κ1) is 20.7. The van der Waals surface area contributed by atoms with Gasteiger partial charge in [0.15, 0.2) is 6.10 Å². The highest BCUT2D eigenvalue weighted by molar-refractivity contribution is 7.92. The second-order valence-electron chi connectivity index (χ2n) is 6.49. The zero-order valence-corrected chi connectivity index (χ0v) is 16.9. The number of anilines is 2. The van der Waals surface area contributed by atoms with Crippen LogP contribution in [0.1, 0.15) is 23.7 Å². The topological polar surface area (TPSA) is 102 Å². The molecular formula is C20H22N2O6S. The maximum Gasteiger partial charge on any atom is 0.338 e. The number of hydrogen-bond donors (Lipinski definition) is 1. The molecule has 2 aromatic carbocycles. The molecule has 9 heteroatoms. The van der Waals surface area contributed by atoms with Crippen LogP contribution in [0.2, 0.25) is 0 Å². The lowest BCUT2D eigenvalue weighted by Crippen LogP contribution is -2.36. The molecule has 1 aliphatic rings. The van der Waals surface area contributed by atoms with E-state index in [2.05, 4.69) is 5.32 Å². The van der Waals surface area contributed by atoms with E-state index in [1.807, 2.05) is 0 Å². The molecule has 8 nitrogen and oxygen atoms in total. The second kappa shape index (κ2) is 8.52. The summed E-state index contributed by atoms with van der Waals surface area (Å²) in [5.74, 6) is -0.598. The molecule has 1 aliphatic heterocycles. The lowest BCUT2D eigenvalue weighted by atomic mass is 10.2. The van der Waals surface area contributed by atoms with Crippen LogP contribution >= 0.6 is 0 Å². The molecule has 0 fully saturated rings. The lowest BCUT2D eigenvalue weighted by Gasteiger charge is -2.20. The summed E-state index contributed by atoms with van der Waals surface area (Å²) in [7, 11) is -3.52. The van der Waals surface area contributed by atoms with Gasteiger partial charge in [-0.15, -0.1) is 0 Å². The van der Waals surface area contributed by atoms with Crippen molar-refractivity contribution < 1.29 is 27.5 Å². The highest BCUT2D eigenvalue weighted by atomic mass is 32.2. The van der Waals surface area contributed by atoms with E-state index in [0.29, 0.717) is 22.7 Å². The van der Waals surface area contributed by atoms with Gasteiger partial charge in [-0.1, -0.05) is 18.2 Å². The molecule has 0 radical (unpaired) electrons.